The van der Waals surface area contributed by atoms with Crippen molar-refractivity contribution in [2.75, 3.05) is 12.8 Å². The molecule has 82 valence electrons. The zero-order valence-electron chi connectivity index (χ0n) is 9.16. The minimum Gasteiger partial charge on any atom is -0.458 e. The molecule has 0 aromatic carbocycles. The van der Waals surface area contributed by atoms with Gasteiger partial charge in [-0.05, 0) is 32.2 Å². The fourth-order valence-corrected chi connectivity index (χ4v) is 1.63. The van der Waals surface area contributed by atoms with Gasteiger partial charge in [0, 0.05) is 12.6 Å². The van der Waals surface area contributed by atoms with Crippen LogP contribution in [0.1, 0.15) is 23.2 Å². The maximum Gasteiger partial charge on any atom is 0.223 e. The van der Waals surface area contributed by atoms with E-state index in [0.717, 1.165) is 17.3 Å². The van der Waals surface area contributed by atoms with E-state index in [4.69, 9.17) is 4.42 Å². The van der Waals surface area contributed by atoms with Crippen LogP contribution in [0.15, 0.2) is 27.7 Å². The number of aryl methyl sites for hydroxylation is 1. The zero-order valence-corrected chi connectivity index (χ0v) is 9.98. The molecule has 1 rings (SSSR count). The smallest absolute Gasteiger partial charge is 0.223 e. The van der Waals surface area contributed by atoms with Crippen molar-refractivity contribution in [3.63, 3.8) is 0 Å². The van der Waals surface area contributed by atoms with Gasteiger partial charge in [0.05, 0.1) is 5.03 Å². The molecule has 1 heterocycles. The third-order valence-corrected chi connectivity index (χ3v) is 2.52. The second-order valence-electron chi connectivity index (χ2n) is 3.02. The summed E-state index contributed by atoms with van der Waals surface area (Å²) in [6.45, 7) is 4.61. The Morgan fingerprint density at radius 3 is 2.80 bits per heavy atom. The molecule has 0 fully saturated rings. The van der Waals surface area contributed by atoms with Crippen LogP contribution in [0.5, 0.6) is 0 Å². The summed E-state index contributed by atoms with van der Waals surface area (Å²) in [5.41, 5.74) is 0. The highest BCUT2D eigenvalue weighted by atomic mass is 32.2. The van der Waals surface area contributed by atoms with Crippen LogP contribution in [0.4, 0.5) is 0 Å². The third kappa shape index (κ3) is 3.47. The monoisotopic (exact) mass is 225 g/mol. The standard InChI is InChI=1S/C11H15NO2S/c1-4-12-11(15-3)7-9(13)10-6-5-8(2)14-10/h5-7,12H,4H2,1-3H3/b11-7+. The zero-order chi connectivity index (χ0) is 11.3. The summed E-state index contributed by atoms with van der Waals surface area (Å²) in [5.74, 6) is 1.03. The Balaban J connectivity index is 2.76. The summed E-state index contributed by atoms with van der Waals surface area (Å²) in [4.78, 5) is 11.7. The summed E-state index contributed by atoms with van der Waals surface area (Å²) < 4.78 is 5.24. The Bertz CT molecular complexity index is 368. The Morgan fingerprint density at radius 1 is 1.60 bits per heavy atom. The molecule has 0 saturated heterocycles. The van der Waals surface area contributed by atoms with E-state index in [2.05, 4.69) is 5.32 Å². The van der Waals surface area contributed by atoms with E-state index in [1.54, 1.807) is 18.2 Å². The number of furan rings is 1. The topological polar surface area (TPSA) is 42.2 Å². The molecule has 0 aliphatic rings. The lowest BCUT2D eigenvalue weighted by Gasteiger charge is -2.03. The largest absolute Gasteiger partial charge is 0.458 e. The van der Waals surface area contributed by atoms with Gasteiger partial charge in [0.1, 0.15) is 5.76 Å². The summed E-state index contributed by atoms with van der Waals surface area (Å²) in [7, 11) is 0. The van der Waals surface area contributed by atoms with E-state index >= 15 is 0 Å². The van der Waals surface area contributed by atoms with Gasteiger partial charge in [0.2, 0.25) is 5.78 Å². The van der Waals surface area contributed by atoms with Crippen molar-refractivity contribution in [1.82, 2.24) is 5.32 Å². The first kappa shape index (κ1) is 11.9. The fourth-order valence-electron chi connectivity index (χ4n) is 1.11. The van der Waals surface area contributed by atoms with Crippen molar-refractivity contribution < 1.29 is 9.21 Å². The SMILES string of the molecule is CCN/C(=C\C(=O)c1ccc(C)o1)SC. The molecule has 0 amide bonds. The second kappa shape index (κ2) is 5.66. The molecule has 0 unspecified atom stereocenters. The Kier molecular flexibility index (Phi) is 4.49. The lowest BCUT2D eigenvalue weighted by Crippen LogP contribution is -2.11. The number of hydrogen-bond donors (Lipinski definition) is 1. The number of carbonyl (C=O) groups is 1. The van der Waals surface area contributed by atoms with Crippen LogP contribution in [0.2, 0.25) is 0 Å². The maximum absolute atomic E-state index is 11.7. The Hall–Kier alpha value is -1.16. The molecule has 1 aromatic heterocycles. The van der Waals surface area contributed by atoms with Crippen LogP contribution in [0.3, 0.4) is 0 Å². The van der Waals surface area contributed by atoms with Gasteiger partial charge in [0.25, 0.3) is 0 Å². The van der Waals surface area contributed by atoms with Gasteiger partial charge < -0.3 is 9.73 Å². The van der Waals surface area contributed by atoms with Crippen molar-refractivity contribution >= 4 is 17.5 Å². The molecule has 0 saturated carbocycles. The first-order valence-corrected chi connectivity index (χ1v) is 6.00. The van der Waals surface area contributed by atoms with Gasteiger partial charge in [0.15, 0.2) is 5.76 Å². The number of nitrogens with one attached hydrogen (secondary N) is 1. The fraction of sp³-hybridized carbons (Fsp3) is 0.364. The second-order valence-corrected chi connectivity index (χ2v) is 3.87. The molecule has 3 nitrogen and oxygen atoms in total. The minimum absolute atomic E-state index is 0.103. The van der Waals surface area contributed by atoms with E-state index in [1.165, 1.54) is 11.8 Å². The van der Waals surface area contributed by atoms with Crippen LogP contribution in [-0.4, -0.2) is 18.6 Å². The average molecular weight is 225 g/mol. The van der Waals surface area contributed by atoms with Crippen molar-refractivity contribution in [3.8, 4) is 0 Å². The summed E-state index contributed by atoms with van der Waals surface area (Å²) in [6.07, 6.45) is 3.49. The lowest BCUT2D eigenvalue weighted by atomic mass is 10.3. The van der Waals surface area contributed by atoms with Crippen LogP contribution in [-0.2, 0) is 0 Å². The van der Waals surface area contributed by atoms with Crippen molar-refractivity contribution in [1.29, 1.82) is 0 Å². The highest BCUT2D eigenvalue weighted by Crippen LogP contribution is 2.12. The predicted octanol–water partition coefficient (Wildman–Crippen LogP) is 2.58. The first-order chi connectivity index (χ1) is 7.17. The van der Waals surface area contributed by atoms with Crippen LogP contribution in [0, 0.1) is 6.92 Å². The number of ketones is 1. The minimum atomic E-state index is -0.103. The molecule has 0 spiro atoms. The number of rotatable bonds is 5. The molecule has 0 radical (unpaired) electrons. The number of carbonyl (C=O) groups excluding carboxylic acids is 1. The van der Waals surface area contributed by atoms with E-state index in [9.17, 15) is 4.79 Å². The molecular formula is C11H15NO2S. The van der Waals surface area contributed by atoms with Crippen molar-refractivity contribution in [2.45, 2.75) is 13.8 Å². The van der Waals surface area contributed by atoms with Gasteiger partial charge in [-0.25, -0.2) is 0 Å². The van der Waals surface area contributed by atoms with Crippen LogP contribution >= 0.6 is 11.8 Å². The molecule has 0 atom stereocenters. The Morgan fingerprint density at radius 2 is 2.33 bits per heavy atom. The normalized spacial score (nSPS) is 11.5. The molecule has 15 heavy (non-hydrogen) atoms. The van der Waals surface area contributed by atoms with Crippen molar-refractivity contribution in [3.05, 3.63) is 34.8 Å². The average Bonchev–Trinajstić information content (AvgIpc) is 2.64. The van der Waals surface area contributed by atoms with E-state index < -0.39 is 0 Å². The van der Waals surface area contributed by atoms with Crippen molar-refractivity contribution in [2.24, 2.45) is 0 Å². The Labute approximate surface area is 93.9 Å². The van der Waals surface area contributed by atoms with Gasteiger partial charge in [-0.2, -0.15) is 0 Å². The first-order valence-electron chi connectivity index (χ1n) is 4.77. The summed E-state index contributed by atoms with van der Waals surface area (Å²) in [6, 6.07) is 3.48. The third-order valence-electron chi connectivity index (χ3n) is 1.82. The summed E-state index contributed by atoms with van der Waals surface area (Å²) >= 11 is 1.51. The van der Waals surface area contributed by atoms with Crippen LogP contribution < -0.4 is 5.32 Å². The van der Waals surface area contributed by atoms with Gasteiger partial charge in [-0.15, -0.1) is 11.8 Å². The molecule has 0 aliphatic heterocycles. The molecule has 1 aromatic rings. The predicted molar refractivity (Wildman–Crippen MR) is 63.1 cm³/mol. The van der Waals surface area contributed by atoms with Gasteiger partial charge in [-0.1, -0.05) is 0 Å². The lowest BCUT2D eigenvalue weighted by molar-refractivity contribution is 0.102. The molecule has 1 N–H and O–H groups in total. The van der Waals surface area contributed by atoms with Gasteiger partial charge >= 0.3 is 0 Å². The summed E-state index contributed by atoms with van der Waals surface area (Å²) in [5, 5.41) is 3.96. The molecular weight excluding hydrogens is 210 g/mol. The van der Waals surface area contributed by atoms with Crippen LogP contribution in [0.25, 0.3) is 0 Å². The van der Waals surface area contributed by atoms with E-state index in [-0.39, 0.29) is 5.78 Å². The van der Waals surface area contributed by atoms with E-state index in [0.29, 0.717) is 5.76 Å². The molecule has 0 aliphatic carbocycles. The number of allylic oxidation sites excluding steroid dienone is 1. The molecule has 4 heteroatoms. The number of thioether (sulfide) groups is 1. The highest BCUT2D eigenvalue weighted by Gasteiger charge is 2.08. The maximum atomic E-state index is 11.7. The quantitative estimate of drug-likeness (QED) is 0.618. The van der Waals surface area contributed by atoms with E-state index in [1.807, 2.05) is 20.1 Å². The highest BCUT2D eigenvalue weighted by molar-refractivity contribution is 8.02. The molecule has 0 bridgehead atoms. The number of hydrogen-bond acceptors (Lipinski definition) is 4. The van der Waals surface area contributed by atoms with Gasteiger partial charge in [-0.3, -0.25) is 4.79 Å².